The van der Waals surface area contributed by atoms with E-state index in [0.29, 0.717) is 18.9 Å². The number of hydrogen-bond acceptors (Lipinski definition) is 2. The van der Waals surface area contributed by atoms with Crippen molar-refractivity contribution in [2.24, 2.45) is 0 Å². The number of halogens is 2. The van der Waals surface area contributed by atoms with Crippen LogP contribution in [0.1, 0.15) is 50.3 Å². The normalized spacial score (nSPS) is 13.2. The highest BCUT2D eigenvalue weighted by Crippen LogP contribution is 2.21. The van der Waals surface area contributed by atoms with E-state index < -0.39 is 13.0 Å². The molecule has 0 fully saturated rings. The first kappa shape index (κ1) is 17.1. The van der Waals surface area contributed by atoms with Crippen molar-refractivity contribution < 1.29 is 13.5 Å². The van der Waals surface area contributed by atoms with E-state index in [9.17, 15) is 8.78 Å². The average molecular weight is 285 g/mol. The van der Waals surface area contributed by atoms with Crippen molar-refractivity contribution in [3.05, 3.63) is 35.4 Å². The Bertz CT molecular complexity index is 365. The molecule has 1 aromatic rings. The minimum Gasteiger partial charge on any atom is -0.375 e. The number of hydrogen-bond donors (Lipinski definition) is 1. The van der Waals surface area contributed by atoms with E-state index in [1.807, 2.05) is 6.92 Å². The molecule has 1 atom stereocenters. The third kappa shape index (κ3) is 5.97. The van der Waals surface area contributed by atoms with Gasteiger partial charge in [-0.2, -0.15) is 0 Å². The predicted octanol–water partition coefficient (Wildman–Crippen LogP) is 4.13. The molecule has 0 aliphatic rings. The summed E-state index contributed by atoms with van der Waals surface area (Å²) in [6, 6.07) is 8.62. The second-order valence-electron chi connectivity index (χ2n) is 5.19. The standard InChI is InChI=1S/C16H25F2NO/c1-4-19-15(9-10-20-11-16(17)18)14-7-5-13(6-8-14)12(2)3/h5-8,12,15-16,19H,4,9-11H2,1-3H3. The molecule has 0 saturated heterocycles. The molecule has 0 spiro atoms. The van der Waals surface area contributed by atoms with Crippen LogP contribution in [0.5, 0.6) is 0 Å². The minimum absolute atomic E-state index is 0.152. The number of rotatable bonds is 9. The van der Waals surface area contributed by atoms with Crippen LogP contribution in [0.4, 0.5) is 8.78 Å². The fourth-order valence-corrected chi connectivity index (χ4v) is 2.12. The fourth-order valence-electron chi connectivity index (χ4n) is 2.12. The van der Waals surface area contributed by atoms with Gasteiger partial charge in [-0.05, 0) is 30.0 Å². The van der Waals surface area contributed by atoms with E-state index in [1.54, 1.807) is 0 Å². The van der Waals surface area contributed by atoms with Crippen LogP contribution in [0.3, 0.4) is 0 Å². The lowest BCUT2D eigenvalue weighted by molar-refractivity contribution is 0.0144. The van der Waals surface area contributed by atoms with E-state index in [-0.39, 0.29) is 6.04 Å². The van der Waals surface area contributed by atoms with Gasteiger partial charge < -0.3 is 10.1 Å². The third-order valence-corrected chi connectivity index (χ3v) is 3.25. The van der Waals surface area contributed by atoms with E-state index in [0.717, 1.165) is 6.54 Å². The Morgan fingerprint density at radius 1 is 1.10 bits per heavy atom. The molecule has 0 aliphatic carbocycles. The maximum atomic E-state index is 12.0. The van der Waals surface area contributed by atoms with Crippen LogP contribution in [0.2, 0.25) is 0 Å². The van der Waals surface area contributed by atoms with E-state index in [4.69, 9.17) is 4.74 Å². The van der Waals surface area contributed by atoms with Crippen molar-refractivity contribution in [3.8, 4) is 0 Å². The zero-order chi connectivity index (χ0) is 15.0. The Labute approximate surface area is 120 Å². The van der Waals surface area contributed by atoms with Crippen LogP contribution in [-0.2, 0) is 4.74 Å². The molecule has 2 nitrogen and oxygen atoms in total. The molecule has 1 unspecified atom stereocenters. The van der Waals surface area contributed by atoms with Gasteiger partial charge in [0.15, 0.2) is 0 Å². The average Bonchev–Trinajstić information content (AvgIpc) is 2.42. The van der Waals surface area contributed by atoms with Gasteiger partial charge in [0.2, 0.25) is 0 Å². The van der Waals surface area contributed by atoms with Gasteiger partial charge in [-0.1, -0.05) is 45.0 Å². The lowest BCUT2D eigenvalue weighted by Gasteiger charge is -2.19. The Balaban J connectivity index is 2.56. The van der Waals surface area contributed by atoms with Gasteiger partial charge in [-0.25, -0.2) is 8.78 Å². The van der Waals surface area contributed by atoms with E-state index in [1.165, 1.54) is 11.1 Å². The highest BCUT2D eigenvalue weighted by atomic mass is 19.3. The molecule has 0 bridgehead atoms. The first-order valence-corrected chi connectivity index (χ1v) is 7.23. The molecule has 1 N–H and O–H groups in total. The maximum absolute atomic E-state index is 12.0. The lowest BCUT2D eigenvalue weighted by Crippen LogP contribution is -2.22. The molecule has 1 aromatic carbocycles. The molecule has 0 aromatic heterocycles. The zero-order valence-corrected chi connectivity index (χ0v) is 12.5. The number of benzene rings is 1. The van der Waals surface area contributed by atoms with Crippen molar-refractivity contribution in [3.63, 3.8) is 0 Å². The summed E-state index contributed by atoms with van der Waals surface area (Å²) in [5.74, 6) is 0.510. The summed E-state index contributed by atoms with van der Waals surface area (Å²) in [4.78, 5) is 0. The van der Waals surface area contributed by atoms with Crippen LogP contribution < -0.4 is 5.32 Å². The summed E-state index contributed by atoms with van der Waals surface area (Å²) in [7, 11) is 0. The first-order chi connectivity index (χ1) is 9.54. The summed E-state index contributed by atoms with van der Waals surface area (Å²) in [5.41, 5.74) is 2.48. The third-order valence-electron chi connectivity index (χ3n) is 3.25. The quantitative estimate of drug-likeness (QED) is 0.689. The Morgan fingerprint density at radius 2 is 1.70 bits per heavy atom. The monoisotopic (exact) mass is 285 g/mol. The largest absolute Gasteiger partial charge is 0.375 e. The van der Waals surface area contributed by atoms with E-state index in [2.05, 4.69) is 43.4 Å². The van der Waals surface area contributed by atoms with Gasteiger partial charge in [-0.15, -0.1) is 0 Å². The van der Waals surface area contributed by atoms with Crippen LogP contribution >= 0.6 is 0 Å². The Hall–Kier alpha value is -1.00. The Kier molecular flexibility index (Phi) is 7.70. The summed E-state index contributed by atoms with van der Waals surface area (Å²) in [6.07, 6.45) is -1.69. The highest BCUT2D eigenvalue weighted by Gasteiger charge is 2.11. The fraction of sp³-hybridized carbons (Fsp3) is 0.625. The minimum atomic E-state index is -2.39. The van der Waals surface area contributed by atoms with Gasteiger partial charge in [-0.3, -0.25) is 0 Å². The Morgan fingerprint density at radius 3 is 2.20 bits per heavy atom. The van der Waals surface area contributed by atoms with Crippen molar-refractivity contribution in [2.75, 3.05) is 19.8 Å². The molecular weight excluding hydrogens is 260 g/mol. The SMILES string of the molecule is CCNC(CCOCC(F)F)c1ccc(C(C)C)cc1. The van der Waals surface area contributed by atoms with Gasteiger partial charge in [0.05, 0.1) is 0 Å². The topological polar surface area (TPSA) is 21.3 Å². The summed E-state index contributed by atoms with van der Waals surface area (Å²) in [6.45, 7) is 7.06. The first-order valence-electron chi connectivity index (χ1n) is 7.23. The molecule has 0 aliphatic heterocycles. The molecular formula is C16H25F2NO. The van der Waals surface area contributed by atoms with Crippen LogP contribution in [0.25, 0.3) is 0 Å². The lowest BCUT2D eigenvalue weighted by atomic mass is 9.98. The summed E-state index contributed by atoms with van der Waals surface area (Å²) >= 11 is 0. The van der Waals surface area contributed by atoms with E-state index >= 15 is 0 Å². The highest BCUT2D eigenvalue weighted by molar-refractivity contribution is 5.26. The number of ether oxygens (including phenoxy) is 1. The molecule has 0 heterocycles. The molecule has 114 valence electrons. The number of alkyl halides is 2. The number of nitrogens with one attached hydrogen (secondary N) is 1. The summed E-state index contributed by atoms with van der Waals surface area (Å²) < 4.78 is 29.0. The molecule has 0 saturated carbocycles. The van der Waals surface area contributed by atoms with Gasteiger partial charge >= 0.3 is 0 Å². The van der Waals surface area contributed by atoms with Crippen molar-refractivity contribution in [2.45, 2.75) is 45.6 Å². The van der Waals surface area contributed by atoms with Crippen molar-refractivity contribution in [1.29, 1.82) is 0 Å². The summed E-state index contributed by atoms with van der Waals surface area (Å²) in [5, 5.41) is 3.37. The molecule has 0 amide bonds. The zero-order valence-electron chi connectivity index (χ0n) is 12.5. The smallest absolute Gasteiger partial charge is 0.261 e. The van der Waals surface area contributed by atoms with Gasteiger partial charge in [0.25, 0.3) is 6.43 Å². The van der Waals surface area contributed by atoms with Gasteiger partial charge in [0, 0.05) is 12.6 Å². The van der Waals surface area contributed by atoms with Gasteiger partial charge in [0.1, 0.15) is 6.61 Å². The predicted molar refractivity (Wildman–Crippen MR) is 78.4 cm³/mol. The van der Waals surface area contributed by atoms with Crippen LogP contribution in [0.15, 0.2) is 24.3 Å². The maximum Gasteiger partial charge on any atom is 0.261 e. The van der Waals surface area contributed by atoms with Crippen molar-refractivity contribution >= 4 is 0 Å². The molecule has 1 rings (SSSR count). The molecule has 0 radical (unpaired) electrons. The second kappa shape index (κ2) is 9.03. The molecule has 4 heteroatoms. The second-order valence-corrected chi connectivity index (χ2v) is 5.19. The van der Waals surface area contributed by atoms with Crippen LogP contribution in [0, 0.1) is 0 Å². The van der Waals surface area contributed by atoms with Crippen molar-refractivity contribution in [1.82, 2.24) is 5.32 Å². The molecule has 20 heavy (non-hydrogen) atoms. The van der Waals surface area contributed by atoms with Crippen LogP contribution in [-0.4, -0.2) is 26.2 Å².